The zero-order valence-electron chi connectivity index (χ0n) is 67.8. The molecule has 13 nitrogen and oxygen atoms in total. The average Bonchev–Trinajstić information content (AvgIpc) is 1.74. The molecular weight excluding hydrogens is 1660 g/mol. The molecule has 0 aliphatic rings. The van der Waals surface area contributed by atoms with Gasteiger partial charge in [0.1, 0.15) is 29.1 Å². The molecule has 24 heteroatoms. The van der Waals surface area contributed by atoms with Gasteiger partial charge in [-0.15, -0.1) is 68.0 Å². The minimum Gasteiger partial charge on any atom is -0.380 e. The summed E-state index contributed by atoms with van der Waals surface area (Å²) in [6.07, 6.45) is 2.00. The topological polar surface area (TPSA) is 159 Å². The van der Waals surface area contributed by atoms with E-state index >= 15 is 0 Å². The number of hydrogen-bond donors (Lipinski definition) is 6. The molecule has 0 atom stereocenters. The number of rotatable bonds is 22. The number of para-hydroxylation sites is 5. The molecule has 18 rings (SSSR count). The number of hydrogen-bond acceptors (Lipinski definition) is 19. The maximum atomic E-state index is 13.6. The number of anilines is 12. The minimum atomic E-state index is -0.290. The van der Waals surface area contributed by atoms with Crippen LogP contribution >= 0.6 is 68.0 Å². The molecule has 123 heavy (non-hydrogen) atoms. The van der Waals surface area contributed by atoms with Crippen LogP contribution in [-0.4, -0.2) is 37.0 Å². The molecule has 6 N–H and O–H groups in total. The highest BCUT2D eigenvalue weighted by Gasteiger charge is 2.15. The van der Waals surface area contributed by atoms with Crippen molar-refractivity contribution in [3.8, 4) is 67.5 Å². The second-order valence-electron chi connectivity index (χ2n) is 27.6. The van der Waals surface area contributed by atoms with E-state index in [1.165, 1.54) is 121 Å². The van der Waals surface area contributed by atoms with Gasteiger partial charge in [0.05, 0.1) is 63.5 Å². The van der Waals surface area contributed by atoms with Crippen LogP contribution in [0.2, 0.25) is 0 Å². The maximum absolute atomic E-state index is 13.6. The monoisotopic (exact) mass is 1740 g/mol. The van der Waals surface area contributed by atoms with E-state index in [4.69, 9.17) is 4.74 Å². The third-order valence-electron chi connectivity index (χ3n) is 18.3. The molecule has 0 fully saturated rings. The van der Waals surface area contributed by atoms with Gasteiger partial charge in [-0.05, 0) is 166 Å². The van der Waals surface area contributed by atoms with Gasteiger partial charge in [-0.25, -0.2) is 51.9 Å². The molecule has 0 radical (unpaired) electrons. The lowest BCUT2D eigenvalue weighted by atomic mass is 10.1. The number of benzene rings is 12. The fraction of sp³-hybridized carbons (Fsp3) is 0.0909. The van der Waals surface area contributed by atoms with Gasteiger partial charge in [0.25, 0.3) is 0 Å². The summed E-state index contributed by atoms with van der Waals surface area (Å²) in [5, 5.41) is 34.9. The van der Waals surface area contributed by atoms with Crippen LogP contribution in [0.15, 0.2) is 330 Å². The van der Waals surface area contributed by atoms with Gasteiger partial charge in [-0.3, -0.25) is 0 Å². The summed E-state index contributed by atoms with van der Waals surface area (Å²) in [5.41, 5.74) is 22.9. The number of nitrogens with zero attached hydrogens (tertiary/aromatic N) is 6. The van der Waals surface area contributed by atoms with Crippen molar-refractivity contribution in [2.75, 3.05) is 39.0 Å². The van der Waals surface area contributed by atoms with Crippen LogP contribution in [0.5, 0.6) is 0 Å². The highest BCUT2D eigenvalue weighted by atomic mass is 32.1. The Balaban J connectivity index is 0.000000127. The predicted octanol–water partition coefficient (Wildman–Crippen LogP) is 30.2. The second-order valence-corrected chi connectivity index (χ2v) is 32.8. The molecular formula is C99H85F5N12OS6. The molecule has 618 valence electrons. The third-order valence-corrected chi connectivity index (χ3v) is 22.9. The Labute approximate surface area is 736 Å². The predicted molar refractivity (Wildman–Crippen MR) is 507 cm³/mol. The Bertz CT molecular complexity index is 6280. The van der Waals surface area contributed by atoms with Gasteiger partial charge in [0.15, 0.2) is 30.8 Å². The molecule has 18 aromatic rings. The summed E-state index contributed by atoms with van der Waals surface area (Å²) in [5.74, 6) is -1.38. The van der Waals surface area contributed by atoms with Gasteiger partial charge < -0.3 is 36.6 Å². The van der Waals surface area contributed by atoms with Crippen molar-refractivity contribution in [3.63, 3.8) is 0 Å². The maximum Gasteiger partial charge on any atom is 0.187 e. The Morgan fingerprint density at radius 3 is 0.821 bits per heavy atom. The molecule has 0 bridgehead atoms. The summed E-state index contributed by atoms with van der Waals surface area (Å²) in [6, 6.07) is 92.3. The highest BCUT2D eigenvalue weighted by Crippen LogP contribution is 2.36. The van der Waals surface area contributed by atoms with Crippen molar-refractivity contribution in [3.05, 3.63) is 392 Å². The Morgan fingerprint density at radius 1 is 0.260 bits per heavy atom. The van der Waals surface area contributed by atoms with Crippen LogP contribution in [0.25, 0.3) is 67.5 Å². The van der Waals surface area contributed by atoms with Crippen molar-refractivity contribution in [2.45, 2.75) is 54.1 Å². The van der Waals surface area contributed by atoms with Gasteiger partial charge in [-0.1, -0.05) is 213 Å². The van der Waals surface area contributed by atoms with Gasteiger partial charge >= 0.3 is 0 Å². The number of methoxy groups -OCH3 is 1. The summed E-state index contributed by atoms with van der Waals surface area (Å²) in [6.45, 7) is 11.0. The highest BCUT2D eigenvalue weighted by molar-refractivity contribution is 7.15. The number of nitrogens with one attached hydrogen (secondary N) is 6. The molecule has 0 aliphatic heterocycles. The lowest BCUT2D eigenvalue weighted by Crippen LogP contribution is -1.93. The van der Waals surface area contributed by atoms with Gasteiger partial charge in [-0.2, -0.15) is 0 Å². The van der Waals surface area contributed by atoms with Crippen molar-refractivity contribution < 1.29 is 26.7 Å². The van der Waals surface area contributed by atoms with Crippen molar-refractivity contribution in [1.82, 2.24) is 29.9 Å². The van der Waals surface area contributed by atoms with E-state index in [0.29, 0.717) is 55.6 Å². The summed E-state index contributed by atoms with van der Waals surface area (Å²) in [7, 11) is 1.67. The summed E-state index contributed by atoms with van der Waals surface area (Å²) in [4.78, 5) is 27.2. The fourth-order valence-corrected chi connectivity index (χ4v) is 16.5. The van der Waals surface area contributed by atoms with E-state index < -0.39 is 0 Å². The standard InChI is InChI=1S/C17H15FN2OS.2C17H15FN2S.2C16H13FN2S.C16H14N2S/c1-21-10-12-5-4-6-13(9-12)16-11-22-17(20-16)19-15-8-3-2-7-14(15)18;2*1-2-12-6-5-7-13(10-12)16-11-21-17(20-16)19-15-9-4-3-8-14(15)18;1-11-4-2-5-12(8-11)15-10-20-16(19-15)18-14-7-3-6-13(17)9-14;1-11-5-4-6-12(9-11)15-10-20-16(19-15)18-14-8-3-2-7-13(14)17;1-12-6-5-7-13(10-12)15-11-19-16(18-15)17-14-8-3-2-4-9-14/h2-9,11H,10H2,1H3,(H,19,20);2*3-11H,2H2,1H3,(H,19,20);2*2-10H,1H3,(H,18,19);2-11H,1H3,(H,17,18). The van der Waals surface area contributed by atoms with Crippen molar-refractivity contribution in [1.29, 1.82) is 0 Å². The zero-order chi connectivity index (χ0) is 85.7. The van der Waals surface area contributed by atoms with Crippen LogP contribution in [0, 0.1) is 49.9 Å². The van der Waals surface area contributed by atoms with Crippen LogP contribution in [0.4, 0.5) is 86.9 Å². The van der Waals surface area contributed by atoms with E-state index in [2.05, 4.69) is 162 Å². The number of halogens is 5. The summed E-state index contributed by atoms with van der Waals surface area (Å²) >= 11 is 8.99. The van der Waals surface area contributed by atoms with Crippen LogP contribution in [0.3, 0.4) is 0 Å². The Hall–Kier alpha value is -13.2. The van der Waals surface area contributed by atoms with E-state index in [1.54, 1.807) is 97.3 Å². The normalized spacial score (nSPS) is 10.5. The molecule has 6 aromatic heterocycles. The smallest absolute Gasteiger partial charge is 0.187 e. The lowest BCUT2D eigenvalue weighted by Gasteiger charge is -2.04. The second kappa shape index (κ2) is 44.4. The Morgan fingerprint density at radius 2 is 0.520 bits per heavy atom. The molecule has 12 aromatic carbocycles. The average molecular weight is 1750 g/mol. The van der Waals surface area contributed by atoms with Gasteiger partial charge in [0.2, 0.25) is 0 Å². The molecule has 0 spiro atoms. The van der Waals surface area contributed by atoms with E-state index in [0.717, 1.165) is 102 Å². The van der Waals surface area contributed by atoms with Gasteiger partial charge in [0, 0.05) is 84.1 Å². The minimum absolute atomic E-state index is 0.259. The quantitative estimate of drug-likeness (QED) is 0.0357. The fourth-order valence-electron chi connectivity index (χ4n) is 12.1. The molecule has 0 saturated carbocycles. The lowest BCUT2D eigenvalue weighted by molar-refractivity contribution is 0.185. The SMILES string of the molecule is CCc1cccc(-c2csc(Nc3ccccc3F)n2)c1.CCc1cccc(-c2csc(Nc3ccccc3F)n2)c1.COCc1cccc(-c2csc(Nc3ccccc3F)n2)c1.Cc1cccc(-c2csc(Nc3cccc(F)c3)n2)c1.Cc1cccc(-c2csc(Nc3ccccc3)n2)c1.Cc1cccc(-c2csc(Nc3ccccc3F)n2)c1. The van der Waals surface area contributed by atoms with E-state index in [-0.39, 0.29) is 29.1 Å². The molecule has 0 unspecified atom stereocenters. The number of ether oxygens (including phenoxy) is 1. The summed E-state index contributed by atoms with van der Waals surface area (Å²) < 4.78 is 72.7. The zero-order valence-corrected chi connectivity index (χ0v) is 72.7. The number of thiazole rings is 6. The molecule has 6 heterocycles. The molecule has 0 aliphatic carbocycles. The third kappa shape index (κ3) is 26.2. The number of aryl methyl sites for hydroxylation is 5. The first kappa shape index (κ1) is 87.6. The first-order valence-electron chi connectivity index (χ1n) is 39.1. The first-order chi connectivity index (χ1) is 60.0. The van der Waals surface area contributed by atoms with Crippen LogP contribution < -0.4 is 31.9 Å². The largest absolute Gasteiger partial charge is 0.380 e. The first-order valence-corrected chi connectivity index (χ1v) is 44.4. The van der Waals surface area contributed by atoms with Crippen molar-refractivity contribution >= 4 is 133 Å². The molecule has 0 saturated heterocycles. The van der Waals surface area contributed by atoms with E-state index in [9.17, 15) is 22.0 Å². The van der Waals surface area contributed by atoms with E-state index in [1.807, 2.05) is 149 Å². The van der Waals surface area contributed by atoms with Crippen molar-refractivity contribution in [2.24, 2.45) is 0 Å². The Kier molecular flexibility index (Phi) is 31.6. The number of aromatic nitrogens is 6. The molecule has 0 amide bonds. The van der Waals surface area contributed by atoms with Crippen LogP contribution in [-0.2, 0) is 24.2 Å². The van der Waals surface area contributed by atoms with Crippen LogP contribution in [0.1, 0.15) is 47.2 Å².